The molecule has 4 atom stereocenters. The van der Waals surface area contributed by atoms with Gasteiger partial charge in [-0.1, -0.05) is 0 Å². The molecule has 12 heteroatoms. The van der Waals surface area contributed by atoms with Crippen LogP contribution in [0.4, 0.5) is 0 Å². The molecule has 188 valence electrons. The molecular weight excluding hydrogens is 492 g/mol. The highest BCUT2D eigenvalue weighted by Gasteiger charge is 2.71. The lowest BCUT2D eigenvalue weighted by molar-refractivity contribution is -0.185. The minimum atomic E-state index is -2.14. The van der Waals surface area contributed by atoms with Crippen LogP contribution in [0.5, 0.6) is 28.7 Å². The molecule has 2 aromatic carbocycles. The summed E-state index contributed by atoms with van der Waals surface area (Å²) in [5.74, 6) is -6.80. The zero-order valence-corrected chi connectivity index (χ0v) is 19.0. The predicted molar refractivity (Wildman–Crippen MR) is 119 cm³/mol. The number of aliphatic hydroxyl groups excluding tert-OH is 1. The molecule has 1 fully saturated rings. The highest BCUT2D eigenvalue weighted by atomic mass is 16.8. The third-order valence-electron chi connectivity index (χ3n) is 7.12. The number of carbonyl (C=O) groups is 2. The smallest absolute Gasteiger partial charge is 0.347 e. The van der Waals surface area contributed by atoms with Gasteiger partial charge in [0, 0.05) is 11.6 Å². The van der Waals surface area contributed by atoms with Crippen LogP contribution in [-0.4, -0.2) is 51.0 Å². The van der Waals surface area contributed by atoms with E-state index >= 15 is 0 Å². The molecule has 1 aromatic heterocycles. The van der Waals surface area contributed by atoms with Crippen LogP contribution in [0.15, 0.2) is 33.2 Å². The topological polar surface area (TPSA) is 185 Å². The van der Waals surface area contributed by atoms with Crippen molar-refractivity contribution in [3.05, 3.63) is 62.4 Å². The fourth-order valence-corrected chi connectivity index (χ4v) is 5.43. The molecule has 0 radical (unpaired) electrons. The van der Waals surface area contributed by atoms with Gasteiger partial charge in [-0.2, -0.15) is 0 Å². The number of phenolic OH excluding ortho intramolecular Hbond substituents is 3. The SMILES string of the molecule is COC1=CC(=O)c2c(O)c3c(c(O)c2C1=O)O[C@]1(Oc2c(cc4cc(C)oc(=O)c4c2O)C2OC21)C3O. The van der Waals surface area contributed by atoms with E-state index in [-0.39, 0.29) is 16.9 Å². The number of fused-ring (bicyclic) bond motifs is 7. The summed E-state index contributed by atoms with van der Waals surface area (Å²) in [7, 11) is 1.16. The van der Waals surface area contributed by atoms with Gasteiger partial charge >= 0.3 is 11.4 Å². The Morgan fingerprint density at radius 3 is 2.43 bits per heavy atom. The van der Waals surface area contributed by atoms with Crippen molar-refractivity contribution in [3.63, 3.8) is 0 Å². The number of ketones is 2. The third kappa shape index (κ3) is 2.45. The van der Waals surface area contributed by atoms with Gasteiger partial charge in [0.05, 0.1) is 23.8 Å². The van der Waals surface area contributed by atoms with E-state index in [9.17, 15) is 34.8 Å². The number of allylic oxidation sites excluding steroid dienone is 2. The van der Waals surface area contributed by atoms with Crippen molar-refractivity contribution in [2.45, 2.75) is 31.0 Å². The molecule has 3 unspecified atom stereocenters. The summed E-state index contributed by atoms with van der Waals surface area (Å²) in [6.07, 6.45) is -2.71. The summed E-state index contributed by atoms with van der Waals surface area (Å²) >= 11 is 0. The Bertz CT molecular complexity index is 1730. The first-order valence-electron chi connectivity index (χ1n) is 11.1. The van der Waals surface area contributed by atoms with Crippen LogP contribution in [0.3, 0.4) is 0 Å². The number of epoxide rings is 1. The van der Waals surface area contributed by atoms with Gasteiger partial charge in [-0.3, -0.25) is 9.59 Å². The van der Waals surface area contributed by atoms with Gasteiger partial charge in [0.2, 0.25) is 5.78 Å². The Hall–Kier alpha value is -4.55. The standard InChI is InChI=1S/C25H16O12/c1-6-3-7-4-8-19(17(29)11(7)24(32)34-6)36-25(23-20(8)35-23)22(31)14-16(28)12-9(26)5-10(33-2)15(27)13(12)18(30)21(14)37-25/h3-5,20,22-23,28-31H,1-2H3/t20?,22?,23?,25-/m1/s1. The molecule has 3 aliphatic heterocycles. The summed E-state index contributed by atoms with van der Waals surface area (Å²) in [5, 5.41) is 44.5. The number of hydrogen-bond donors (Lipinski definition) is 4. The van der Waals surface area contributed by atoms with Gasteiger partial charge in [-0.15, -0.1) is 0 Å². The predicted octanol–water partition coefficient (Wildman–Crippen LogP) is 1.78. The van der Waals surface area contributed by atoms with E-state index in [1.807, 2.05) is 0 Å². The van der Waals surface area contributed by atoms with E-state index < -0.39 is 81.0 Å². The Morgan fingerprint density at radius 2 is 1.70 bits per heavy atom. The van der Waals surface area contributed by atoms with Crippen LogP contribution in [-0.2, 0) is 9.47 Å². The highest BCUT2D eigenvalue weighted by Crippen LogP contribution is 2.65. The van der Waals surface area contributed by atoms with Crippen LogP contribution in [0.1, 0.15) is 49.8 Å². The molecule has 0 bridgehead atoms. The van der Waals surface area contributed by atoms with E-state index in [1.165, 1.54) is 0 Å². The number of aryl methyl sites for hydroxylation is 1. The number of ether oxygens (including phenoxy) is 4. The van der Waals surface area contributed by atoms with E-state index in [2.05, 4.69) is 0 Å². The second kappa shape index (κ2) is 6.60. The third-order valence-corrected chi connectivity index (χ3v) is 7.12. The monoisotopic (exact) mass is 508 g/mol. The van der Waals surface area contributed by atoms with Crippen LogP contribution >= 0.6 is 0 Å². The zero-order valence-electron chi connectivity index (χ0n) is 19.0. The van der Waals surface area contributed by atoms with Crippen molar-refractivity contribution >= 4 is 22.3 Å². The first kappa shape index (κ1) is 21.7. The van der Waals surface area contributed by atoms with Gasteiger partial charge in [-0.25, -0.2) is 4.79 Å². The molecule has 4 heterocycles. The van der Waals surface area contributed by atoms with Gasteiger partial charge in [0.25, 0.3) is 0 Å². The number of aliphatic hydroxyl groups is 1. The van der Waals surface area contributed by atoms with E-state index in [0.29, 0.717) is 16.7 Å². The summed E-state index contributed by atoms with van der Waals surface area (Å²) < 4.78 is 27.6. The second-order valence-electron chi connectivity index (χ2n) is 9.15. The van der Waals surface area contributed by atoms with Crippen LogP contribution in [0.2, 0.25) is 0 Å². The van der Waals surface area contributed by atoms with Crippen molar-refractivity contribution in [1.82, 2.24) is 0 Å². The van der Waals surface area contributed by atoms with E-state index in [0.717, 1.165) is 13.2 Å². The van der Waals surface area contributed by atoms with Crippen LogP contribution in [0, 0.1) is 6.92 Å². The van der Waals surface area contributed by atoms with Gasteiger partial charge in [0.1, 0.15) is 23.0 Å². The van der Waals surface area contributed by atoms with Crippen molar-refractivity contribution in [2.75, 3.05) is 7.11 Å². The maximum absolute atomic E-state index is 12.8. The molecule has 4 aliphatic rings. The lowest BCUT2D eigenvalue weighted by Crippen LogP contribution is -2.51. The van der Waals surface area contributed by atoms with Crippen molar-refractivity contribution in [1.29, 1.82) is 0 Å². The molecule has 1 spiro atoms. The lowest BCUT2D eigenvalue weighted by Gasteiger charge is -2.34. The van der Waals surface area contributed by atoms with Crippen molar-refractivity contribution in [3.8, 4) is 28.7 Å². The number of phenols is 3. The van der Waals surface area contributed by atoms with E-state index in [4.69, 9.17) is 23.4 Å². The molecule has 1 aliphatic carbocycles. The number of aromatic hydroxyl groups is 3. The summed E-state index contributed by atoms with van der Waals surface area (Å²) in [6, 6.07) is 3.15. The first-order valence-corrected chi connectivity index (χ1v) is 11.1. The molecule has 1 saturated heterocycles. The molecule has 12 nitrogen and oxygen atoms in total. The molecular formula is C25H16O12. The van der Waals surface area contributed by atoms with Crippen molar-refractivity contribution in [2.24, 2.45) is 0 Å². The number of carbonyl (C=O) groups excluding carboxylic acids is 2. The number of benzene rings is 2. The molecule has 0 saturated carbocycles. The number of hydrogen-bond acceptors (Lipinski definition) is 12. The molecule has 7 rings (SSSR count). The molecule has 0 amide bonds. The van der Waals surface area contributed by atoms with Gasteiger partial charge < -0.3 is 43.8 Å². The Kier molecular flexibility index (Phi) is 3.87. The lowest BCUT2D eigenvalue weighted by atomic mass is 9.86. The zero-order chi connectivity index (χ0) is 26.1. The van der Waals surface area contributed by atoms with Crippen LogP contribution < -0.4 is 15.1 Å². The van der Waals surface area contributed by atoms with E-state index in [1.54, 1.807) is 19.1 Å². The molecule has 4 N–H and O–H groups in total. The minimum Gasteiger partial charge on any atom is -0.507 e. The summed E-state index contributed by atoms with van der Waals surface area (Å²) in [4.78, 5) is 38.0. The Morgan fingerprint density at radius 1 is 0.973 bits per heavy atom. The number of methoxy groups -OCH3 is 1. The largest absolute Gasteiger partial charge is 0.507 e. The fourth-order valence-electron chi connectivity index (χ4n) is 5.43. The first-order chi connectivity index (χ1) is 17.6. The highest BCUT2D eigenvalue weighted by molar-refractivity contribution is 6.26. The van der Waals surface area contributed by atoms with Gasteiger partial charge in [-0.05, 0) is 24.4 Å². The molecule has 37 heavy (non-hydrogen) atoms. The number of Topliss-reactive ketones (excluding diaryl/α,β-unsaturated/α-hetero) is 1. The summed E-state index contributed by atoms with van der Waals surface area (Å²) in [5.41, 5.74) is -1.93. The Balaban J connectivity index is 1.41. The minimum absolute atomic E-state index is 0.167. The van der Waals surface area contributed by atoms with Gasteiger partial charge in [0.15, 0.2) is 46.7 Å². The summed E-state index contributed by atoms with van der Waals surface area (Å²) in [6.45, 7) is 1.58. The van der Waals surface area contributed by atoms with Crippen LogP contribution in [0.25, 0.3) is 10.8 Å². The maximum atomic E-state index is 12.8. The second-order valence-corrected chi connectivity index (χ2v) is 9.15. The maximum Gasteiger partial charge on any atom is 0.347 e. The normalized spacial score (nSPS) is 26.6. The van der Waals surface area contributed by atoms with Crippen molar-refractivity contribution < 1.29 is 53.4 Å². The average molecular weight is 508 g/mol. The average Bonchev–Trinajstić information content (AvgIpc) is 3.60. The molecule has 3 aromatic rings. The Labute approximate surface area is 205 Å². The quantitative estimate of drug-likeness (QED) is 0.276. The number of rotatable bonds is 1. The fraction of sp³-hybridized carbons (Fsp3) is 0.240.